The van der Waals surface area contributed by atoms with Crippen LogP contribution in [0.3, 0.4) is 0 Å². The Bertz CT molecular complexity index is 891. The fourth-order valence-electron chi connectivity index (χ4n) is 3.38. The van der Waals surface area contributed by atoms with E-state index in [2.05, 4.69) is 9.71 Å². The number of nitrogens with zero attached hydrogens (tertiary/aromatic N) is 3. The van der Waals surface area contributed by atoms with Crippen LogP contribution in [0.4, 0.5) is 5.69 Å². The van der Waals surface area contributed by atoms with E-state index in [1.54, 1.807) is 21.9 Å². The van der Waals surface area contributed by atoms with Gasteiger partial charge in [-0.3, -0.25) is 23.9 Å². The van der Waals surface area contributed by atoms with Crippen LogP contribution < -0.4 is 9.46 Å². The van der Waals surface area contributed by atoms with Crippen LogP contribution in [0.1, 0.15) is 30.1 Å². The first kappa shape index (κ1) is 21.0. The van der Waals surface area contributed by atoms with Gasteiger partial charge in [-0.05, 0) is 31.9 Å². The molecule has 0 aliphatic carbocycles. The molecule has 2 amide bonds. The summed E-state index contributed by atoms with van der Waals surface area (Å²) in [6.45, 7) is 3.60. The number of methoxy groups -OCH3 is 1. The number of anilines is 1. The smallest absolute Gasteiger partial charge is 0.268 e. The number of amides is 2. The Labute approximate surface area is 171 Å². The predicted molar refractivity (Wildman–Crippen MR) is 110 cm³/mol. The molecule has 1 atom stereocenters. The van der Waals surface area contributed by atoms with Crippen molar-refractivity contribution in [3.05, 3.63) is 35.5 Å². The molecule has 0 saturated carbocycles. The quantitative estimate of drug-likeness (QED) is 0.704. The van der Waals surface area contributed by atoms with Crippen molar-refractivity contribution in [2.24, 2.45) is 4.99 Å². The lowest BCUT2D eigenvalue weighted by atomic mass is 10.1. The molecule has 2 heterocycles. The summed E-state index contributed by atoms with van der Waals surface area (Å²) in [5.41, 5.74) is 2.17. The maximum absolute atomic E-state index is 12.9. The summed E-state index contributed by atoms with van der Waals surface area (Å²) >= 11 is -2.21. The van der Waals surface area contributed by atoms with Crippen LogP contribution in [-0.2, 0) is 16.1 Å². The number of carbonyl (C=O) groups is 2. The molecule has 0 bridgehead atoms. The second kappa shape index (κ2) is 9.19. The molecule has 3 rings (SSSR count). The lowest BCUT2D eigenvalue weighted by molar-refractivity contribution is -0.125. The predicted octanol–water partition coefficient (Wildman–Crippen LogP) is 1.67. The van der Waals surface area contributed by atoms with E-state index in [-0.39, 0.29) is 11.8 Å². The second-order valence-electron chi connectivity index (χ2n) is 6.79. The summed E-state index contributed by atoms with van der Waals surface area (Å²) < 4.78 is 27.4. The second-order valence-corrected chi connectivity index (χ2v) is 7.50. The zero-order chi connectivity index (χ0) is 21.0. The highest BCUT2D eigenvalue weighted by Gasteiger charge is 2.28. The largest absolute Gasteiger partial charge is 0.496 e. The van der Waals surface area contributed by atoms with Crippen molar-refractivity contribution in [3.63, 3.8) is 0 Å². The molecule has 2 aliphatic rings. The third kappa shape index (κ3) is 5.01. The SMILES string of the molecule is COc1cc(NS(=O)O)ccc1C(=O)N1CCN(C(=O)C2=NC(C)=CCC2)CC1. The van der Waals surface area contributed by atoms with Crippen LogP contribution >= 0.6 is 0 Å². The van der Waals surface area contributed by atoms with Gasteiger partial charge < -0.3 is 14.5 Å². The average Bonchev–Trinajstić information content (AvgIpc) is 2.72. The molecule has 9 nitrogen and oxygen atoms in total. The Morgan fingerprint density at radius 1 is 1.17 bits per heavy atom. The number of nitrogens with one attached hydrogen (secondary N) is 1. The molecule has 0 radical (unpaired) electrons. The summed E-state index contributed by atoms with van der Waals surface area (Å²) in [4.78, 5) is 33.3. The van der Waals surface area contributed by atoms with Crippen molar-refractivity contribution in [2.45, 2.75) is 19.8 Å². The van der Waals surface area contributed by atoms with Crippen molar-refractivity contribution in [3.8, 4) is 5.75 Å². The normalized spacial score (nSPS) is 17.9. The van der Waals surface area contributed by atoms with Crippen LogP contribution in [0, 0.1) is 0 Å². The minimum atomic E-state index is -2.21. The highest BCUT2D eigenvalue weighted by molar-refractivity contribution is 7.80. The number of ether oxygens (including phenoxy) is 1. The van der Waals surface area contributed by atoms with Gasteiger partial charge in [-0.25, -0.2) is 4.21 Å². The molecule has 1 saturated heterocycles. The summed E-state index contributed by atoms with van der Waals surface area (Å²) in [7, 11) is 1.43. The van der Waals surface area contributed by atoms with E-state index >= 15 is 0 Å². The van der Waals surface area contributed by atoms with Gasteiger partial charge in [0.2, 0.25) is 0 Å². The molecule has 1 aromatic carbocycles. The van der Waals surface area contributed by atoms with Crippen LogP contribution in [-0.4, -0.2) is 69.4 Å². The summed E-state index contributed by atoms with van der Waals surface area (Å²) in [6.07, 6.45) is 3.48. The molecule has 1 aromatic rings. The van der Waals surface area contributed by atoms with Gasteiger partial charge in [0.25, 0.3) is 23.1 Å². The Morgan fingerprint density at radius 2 is 1.83 bits per heavy atom. The lowest BCUT2D eigenvalue weighted by Gasteiger charge is -2.35. The maximum atomic E-state index is 12.9. The number of rotatable bonds is 5. The van der Waals surface area contributed by atoms with Crippen molar-refractivity contribution < 1.29 is 23.1 Å². The molecule has 2 N–H and O–H groups in total. The average molecular weight is 420 g/mol. The molecular formula is C19H24N4O5S. The van der Waals surface area contributed by atoms with Crippen molar-refractivity contribution in [1.29, 1.82) is 0 Å². The van der Waals surface area contributed by atoms with Gasteiger partial charge in [0.15, 0.2) is 0 Å². The van der Waals surface area contributed by atoms with Gasteiger partial charge in [0, 0.05) is 37.9 Å². The number of carbonyl (C=O) groups excluding carboxylic acids is 2. The van der Waals surface area contributed by atoms with E-state index in [1.165, 1.54) is 13.2 Å². The van der Waals surface area contributed by atoms with Crippen LogP contribution in [0.25, 0.3) is 0 Å². The van der Waals surface area contributed by atoms with E-state index in [4.69, 9.17) is 9.29 Å². The zero-order valence-electron chi connectivity index (χ0n) is 16.4. The topological polar surface area (TPSA) is 112 Å². The van der Waals surface area contributed by atoms with E-state index in [0.29, 0.717) is 55.3 Å². The molecule has 10 heteroatoms. The van der Waals surface area contributed by atoms with Gasteiger partial charge in [-0.1, -0.05) is 6.08 Å². The Morgan fingerprint density at radius 3 is 2.41 bits per heavy atom. The lowest BCUT2D eigenvalue weighted by Crippen LogP contribution is -2.52. The first-order valence-corrected chi connectivity index (χ1v) is 10.4. The molecule has 2 aliphatic heterocycles. The third-order valence-electron chi connectivity index (χ3n) is 4.87. The van der Waals surface area contributed by atoms with E-state index in [9.17, 15) is 13.8 Å². The van der Waals surface area contributed by atoms with Crippen LogP contribution in [0.15, 0.2) is 35.0 Å². The molecular weight excluding hydrogens is 396 g/mol. The van der Waals surface area contributed by atoms with Gasteiger partial charge in [0.05, 0.1) is 18.4 Å². The molecule has 0 spiro atoms. The van der Waals surface area contributed by atoms with E-state index < -0.39 is 11.3 Å². The summed E-state index contributed by atoms with van der Waals surface area (Å²) in [6, 6.07) is 4.60. The molecule has 1 unspecified atom stereocenters. The number of hydrogen-bond acceptors (Lipinski definition) is 5. The molecule has 29 heavy (non-hydrogen) atoms. The van der Waals surface area contributed by atoms with Gasteiger partial charge >= 0.3 is 0 Å². The first-order valence-electron chi connectivity index (χ1n) is 9.27. The van der Waals surface area contributed by atoms with Crippen molar-refractivity contribution >= 4 is 34.5 Å². The summed E-state index contributed by atoms with van der Waals surface area (Å²) in [5.74, 6) is 0.0387. The van der Waals surface area contributed by atoms with E-state index in [0.717, 1.165) is 12.1 Å². The highest BCUT2D eigenvalue weighted by Crippen LogP contribution is 2.25. The molecule has 156 valence electrons. The minimum Gasteiger partial charge on any atom is -0.496 e. The Hall–Kier alpha value is -2.72. The summed E-state index contributed by atoms with van der Waals surface area (Å²) in [5, 5.41) is 0. The van der Waals surface area contributed by atoms with Gasteiger partial charge in [0.1, 0.15) is 11.5 Å². The fraction of sp³-hybridized carbons (Fsp3) is 0.421. The Balaban J connectivity index is 1.65. The third-order valence-corrected chi connectivity index (χ3v) is 5.28. The standard InChI is InChI=1S/C19H24N4O5S/c1-13-4-3-5-16(20-13)19(25)23-10-8-22(9-11-23)18(24)15-7-6-14(21-29(26)27)12-17(15)28-2/h4,6-7,12,21H,3,5,8-11H2,1-2H3,(H,26,27). The first-order chi connectivity index (χ1) is 13.9. The van der Waals surface area contributed by atoms with Crippen molar-refractivity contribution in [2.75, 3.05) is 38.0 Å². The van der Waals surface area contributed by atoms with Gasteiger partial charge in [-0.2, -0.15) is 0 Å². The number of benzene rings is 1. The number of piperazine rings is 1. The zero-order valence-corrected chi connectivity index (χ0v) is 17.2. The maximum Gasteiger partial charge on any atom is 0.268 e. The van der Waals surface area contributed by atoms with Crippen LogP contribution in [0.2, 0.25) is 0 Å². The molecule has 1 fully saturated rings. The van der Waals surface area contributed by atoms with Gasteiger partial charge in [-0.15, -0.1) is 0 Å². The monoisotopic (exact) mass is 420 g/mol. The molecule has 0 aromatic heterocycles. The fourth-order valence-corrected chi connectivity index (χ4v) is 3.71. The Kier molecular flexibility index (Phi) is 6.65. The van der Waals surface area contributed by atoms with E-state index in [1.807, 2.05) is 13.0 Å². The number of hydrogen-bond donors (Lipinski definition) is 2. The number of allylic oxidation sites excluding steroid dienone is 2. The highest BCUT2D eigenvalue weighted by atomic mass is 32.2. The number of aliphatic imine (C=N–C) groups is 1. The van der Waals surface area contributed by atoms with Crippen LogP contribution in [0.5, 0.6) is 5.75 Å². The minimum absolute atomic E-state index is 0.0606. The van der Waals surface area contributed by atoms with Crippen molar-refractivity contribution in [1.82, 2.24) is 9.80 Å².